The molecule has 0 aromatic carbocycles. The summed E-state index contributed by atoms with van der Waals surface area (Å²) in [5, 5.41) is 3.29. The molecule has 90 valence electrons. The maximum absolute atomic E-state index is 12.3. The lowest BCUT2D eigenvalue weighted by molar-refractivity contribution is -0.123. The molecule has 3 nitrogen and oxygen atoms in total. The Morgan fingerprint density at radius 3 is 3.06 bits per heavy atom. The average Bonchev–Trinajstić information content (AvgIpc) is 2.66. The van der Waals surface area contributed by atoms with Crippen LogP contribution in [-0.2, 0) is 9.53 Å². The number of ether oxygens (including phenoxy) is 1. The van der Waals surface area contributed by atoms with Crippen molar-refractivity contribution >= 4 is 5.78 Å². The Kier molecular flexibility index (Phi) is 2.44. The summed E-state index contributed by atoms with van der Waals surface area (Å²) >= 11 is 0. The van der Waals surface area contributed by atoms with Gasteiger partial charge in [-0.3, -0.25) is 4.79 Å². The van der Waals surface area contributed by atoms with Crippen LogP contribution in [0.3, 0.4) is 0 Å². The van der Waals surface area contributed by atoms with Crippen molar-refractivity contribution in [2.75, 3.05) is 13.7 Å². The van der Waals surface area contributed by atoms with Gasteiger partial charge < -0.3 is 10.1 Å². The first-order chi connectivity index (χ1) is 8.22. The summed E-state index contributed by atoms with van der Waals surface area (Å²) in [6.07, 6.45) is 6.23. The number of carbonyl (C=O) groups excluding carboxylic acids is 1. The van der Waals surface area contributed by atoms with E-state index in [1.165, 1.54) is 16.7 Å². The van der Waals surface area contributed by atoms with E-state index in [1.807, 2.05) is 6.92 Å². The summed E-state index contributed by atoms with van der Waals surface area (Å²) < 4.78 is 5.43. The molecule has 17 heavy (non-hydrogen) atoms. The molecule has 1 heterocycles. The molecule has 3 aliphatic rings. The summed E-state index contributed by atoms with van der Waals surface area (Å²) in [5.41, 5.74) is 3.61. The maximum atomic E-state index is 12.3. The number of allylic oxidation sites excluding steroid dienone is 4. The Bertz CT molecular complexity index is 471. The minimum Gasteiger partial charge on any atom is -0.496 e. The van der Waals surface area contributed by atoms with E-state index in [-0.39, 0.29) is 12.0 Å². The van der Waals surface area contributed by atoms with Gasteiger partial charge in [0.15, 0.2) is 5.78 Å². The largest absolute Gasteiger partial charge is 0.496 e. The Balaban J connectivity index is 2.11. The number of methoxy groups -OCH3 is 1. The van der Waals surface area contributed by atoms with Gasteiger partial charge in [-0.25, -0.2) is 0 Å². The van der Waals surface area contributed by atoms with Gasteiger partial charge in [-0.15, -0.1) is 0 Å². The van der Waals surface area contributed by atoms with Crippen LogP contribution in [-0.4, -0.2) is 25.5 Å². The average molecular weight is 231 g/mol. The standard InChI is InChI=1S/C14H17NO2/c1-8-14(16)10-5-3-4-9-6-12(17-2)11(7-15-8)13(9)10/h4,6,8,10,15H,3,5,7H2,1-2H3/t8-,10-/m0/s1. The van der Waals surface area contributed by atoms with Gasteiger partial charge in [0.25, 0.3) is 0 Å². The molecule has 0 aromatic rings. The lowest BCUT2D eigenvalue weighted by atomic mass is 9.80. The second kappa shape index (κ2) is 3.84. The normalized spacial score (nSPS) is 31.8. The molecule has 3 rings (SSSR count). The topological polar surface area (TPSA) is 38.3 Å². The predicted octanol–water partition coefficient (Wildman–Crippen LogP) is 1.72. The number of ketones is 1. The fourth-order valence-electron chi connectivity index (χ4n) is 3.05. The predicted molar refractivity (Wildman–Crippen MR) is 65.4 cm³/mol. The van der Waals surface area contributed by atoms with Crippen LogP contribution < -0.4 is 5.32 Å². The van der Waals surface area contributed by atoms with E-state index in [1.54, 1.807) is 7.11 Å². The fraction of sp³-hybridized carbons (Fsp3) is 0.500. The van der Waals surface area contributed by atoms with Crippen LogP contribution in [0.2, 0.25) is 0 Å². The number of hydrogen-bond acceptors (Lipinski definition) is 3. The molecule has 0 spiro atoms. The number of hydrogen-bond donors (Lipinski definition) is 1. The number of rotatable bonds is 1. The van der Waals surface area contributed by atoms with Gasteiger partial charge >= 0.3 is 0 Å². The van der Waals surface area contributed by atoms with E-state index in [9.17, 15) is 4.79 Å². The van der Waals surface area contributed by atoms with Crippen molar-refractivity contribution in [2.24, 2.45) is 5.92 Å². The maximum Gasteiger partial charge on any atom is 0.156 e. The molecule has 0 fully saturated rings. The molecule has 0 saturated carbocycles. The minimum atomic E-state index is -0.0527. The van der Waals surface area contributed by atoms with Gasteiger partial charge in [-0.05, 0) is 37.0 Å². The lowest BCUT2D eigenvalue weighted by Gasteiger charge is -2.23. The monoisotopic (exact) mass is 231 g/mol. The van der Waals surface area contributed by atoms with Crippen molar-refractivity contribution < 1.29 is 9.53 Å². The molecule has 0 saturated heterocycles. The number of Topliss-reactive ketones (excluding diaryl/α,β-unsaturated/α-hetero) is 1. The number of nitrogens with one attached hydrogen (secondary N) is 1. The van der Waals surface area contributed by atoms with Gasteiger partial charge in [0, 0.05) is 18.0 Å². The summed E-state index contributed by atoms with van der Waals surface area (Å²) in [7, 11) is 1.70. The highest BCUT2D eigenvalue weighted by molar-refractivity contribution is 5.91. The molecule has 0 radical (unpaired) electrons. The van der Waals surface area contributed by atoms with Crippen LogP contribution in [0.15, 0.2) is 34.6 Å². The lowest BCUT2D eigenvalue weighted by Crippen LogP contribution is -2.37. The summed E-state index contributed by atoms with van der Waals surface area (Å²) in [4.78, 5) is 12.3. The van der Waals surface area contributed by atoms with Crippen LogP contribution in [0.1, 0.15) is 19.8 Å². The van der Waals surface area contributed by atoms with Gasteiger partial charge in [-0.1, -0.05) is 6.08 Å². The smallest absolute Gasteiger partial charge is 0.156 e. The second-order valence-corrected chi connectivity index (χ2v) is 4.90. The molecule has 0 unspecified atom stereocenters. The van der Waals surface area contributed by atoms with E-state index >= 15 is 0 Å². The minimum absolute atomic E-state index is 0.0527. The zero-order valence-electron chi connectivity index (χ0n) is 10.2. The Morgan fingerprint density at radius 2 is 2.29 bits per heavy atom. The first-order valence-corrected chi connectivity index (χ1v) is 6.19. The van der Waals surface area contributed by atoms with Crippen molar-refractivity contribution in [3.05, 3.63) is 34.6 Å². The van der Waals surface area contributed by atoms with Crippen LogP contribution >= 0.6 is 0 Å². The first kappa shape index (κ1) is 10.8. The molecule has 1 N–H and O–H groups in total. The molecule has 0 aromatic heterocycles. The molecule has 3 heteroatoms. The second-order valence-electron chi connectivity index (χ2n) is 4.90. The summed E-state index contributed by atoms with van der Waals surface area (Å²) in [5.74, 6) is 1.32. The van der Waals surface area contributed by atoms with Crippen molar-refractivity contribution in [3.63, 3.8) is 0 Å². The molecular weight excluding hydrogens is 214 g/mol. The SMILES string of the molecule is COC1=CC2=CCC[C@@H]3C(=O)[C@H](C)NCC1=C23. The van der Waals surface area contributed by atoms with E-state index in [4.69, 9.17) is 4.74 Å². The molecule has 1 aliphatic heterocycles. The third-order valence-corrected chi connectivity index (χ3v) is 3.96. The van der Waals surface area contributed by atoms with Crippen LogP contribution in [0, 0.1) is 5.92 Å². The van der Waals surface area contributed by atoms with Gasteiger partial charge in [0.1, 0.15) is 5.76 Å². The molecule has 0 amide bonds. The van der Waals surface area contributed by atoms with Crippen LogP contribution in [0.4, 0.5) is 0 Å². The zero-order chi connectivity index (χ0) is 12.0. The highest BCUT2D eigenvalue weighted by Crippen LogP contribution is 2.42. The zero-order valence-corrected chi connectivity index (χ0v) is 10.2. The highest BCUT2D eigenvalue weighted by atomic mass is 16.5. The molecule has 0 bridgehead atoms. The third kappa shape index (κ3) is 1.49. The van der Waals surface area contributed by atoms with Gasteiger partial charge in [-0.2, -0.15) is 0 Å². The van der Waals surface area contributed by atoms with Gasteiger partial charge in [0.05, 0.1) is 13.2 Å². The fourth-order valence-corrected chi connectivity index (χ4v) is 3.05. The van der Waals surface area contributed by atoms with Gasteiger partial charge in [0.2, 0.25) is 0 Å². The molecular formula is C14H17NO2. The van der Waals surface area contributed by atoms with E-state index < -0.39 is 0 Å². The summed E-state index contributed by atoms with van der Waals surface area (Å²) in [6.45, 7) is 2.69. The van der Waals surface area contributed by atoms with E-state index in [2.05, 4.69) is 17.5 Å². The first-order valence-electron chi connectivity index (χ1n) is 6.19. The van der Waals surface area contributed by atoms with E-state index in [0.29, 0.717) is 5.78 Å². The van der Waals surface area contributed by atoms with Crippen molar-refractivity contribution in [2.45, 2.75) is 25.8 Å². The third-order valence-electron chi connectivity index (χ3n) is 3.96. The summed E-state index contributed by atoms with van der Waals surface area (Å²) in [6, 6.07) is -0.0527. The van der Waals surface area contributed by atoms with Crippen molar-refractivity contribution in [3.8, 4) is 0 Å². The molecule has 2 aliphatic carbocycles. The Labute approximate surface area is 101 Å². The molecule has 2 atom stereocenters. The number of carbonyl (C=O) groups is 1. The van der Waals surface area contributed by atoms with E-state index in [0.717, 1.165) is 25.1 Å². The van der Waals surface area contributed by atoms with Crippen molar-refractivity contribution in [1.29, 1.82) is 0 Å². The van der Waals surface area contributed by atoms with Crippen molar-refractivity contribution in [1.82, 2.24) is 5.32 Å². The Hall–Kier alpha value is -1.35. The van der Waals surface area contributed by atoms with Crippen LogP contribution in [0.25, 0.3) is 0 Å². The Morgan fingerprint density at radius 1 is 1.47 bits per heavy atom. The quantitative estimate of drug-likeness (QED) is 0.747. The highest BCUT2D eigenvalue weighted by Gasteiger charge is 2.38. The van der Waals surface area contributed by atoms with Crippen LogP contribution in [0.5, 0.6) is 0 Å².